The van der Waals surface area contributed by atoms with Crippen LogP contribution in [0.1, 0.15) is 0 Å². The minimum Gasteiger partial charge on any atom is -0.436 e. The molecule has 4 aromatic heterocycles. The summed E-state index contributed by atoms with van der Waals surface area (Å²) in [6.45, 7) is 0. The predicted octanol–water partition coefficient (Wildman–Crippen LogP) is 15.9. The molecule has 0 spiro atoms. The first-order valence-electron chi connectivity index (χ1n) is 21.0. The van der Waals surface area contributed by atoms with Gasteiger partial charge in [-0.05, 0) is 132 Å². The summed E-state index contributed by atoms with van der Waals surface area (Å²) in [6.07, 6.45) is 0. The second-order valence-corrected chi connectivity index (χ2v) is 16.9. The largest absolute Gasteiger partial charge is 0.436 e. The van der Waals surface area contributed by atoms with Crippen molar-refractivity contribution in [1.82, 2.24) is 14.5 Å². The fraction of sp³-hybridized carbons (Fsp3) is 0. The average molecular weight is 827 g/mol. The van der Waals surface area contributed by atoms with Gasteiger partial charge < -0.3 is 18.3 Å². The molecule has 6 nitrogen and oxygen atoms in total. The molecule has 0 N–H and O–H groups in total. The van der Waals surface area contributed by atoms with Crippen molar-refractivity contribution in [3.8, 4) is 39.7 Å². The molecule has 0 aliphatic carbocycles. The van der Waals surface area contributed by atoms with Gasteiger partial charge in [0.25, 0.3) is 0 Å². The zero-order valence-electron chi connectivity index (χ0n) is 33.6. The molecule has 9 aromatic carbocycles. The normalized spacial score (nSPS) is 11.8. The molecule has 0 saturated carbocycles. The quantitative estimate of drug-likeness (QED) is 0.160. The molecule has 13 aromatic rings. The maximum absolute atomic E-state index is 6.20. The van der Waals surface area contributed by atoms with Crippen LogP contribution in [0.2, 0.25) is 0 Å². The molecule has 7 heteroatoms. The van der Waals surface area contributed by atoms with E-state index in [1.807, 2.05) is 59.9 Å². The van der Waals surface area contributed by atoms with Gasteiger partial charge in [-0.2, -0.15) is 0 Å². The van der Waals surface area contributed by atoms with Gasteiger partial charge in [-0.3, -0.25) is 0 Å². The molecular weight excluding hydrogens is 793 g/mol. The molecule has 0 bridgehead atoms. The molecule has 0 aliphatic heterocycles. The highest BCUT2D eigenvalue weighted by atomic mass is 32.1. The van der Waals surface area contributed by atoms with Crippen LogP contribution in [0.5, 0.6) is 0 Å². The second kappa shape index (κ2) is 14.2. The Labute approximate surface area is 365 Å². The summed E-state index contributed by atoms with van der Waals surface area (Å²) in [7, 11) is 0. The van der Waals surface area contributed by atoms with Gasteiger partial charge in [-0.25, -0.2) is 9.97 Å². The molecule has 0 atom stereocenters. The first kappa shape index (κ1) is 35.5. The Balaban J connectivity index is 0.933. The number of hydrogen-bond donors (Lipinski definition) is 0. The number of aromatic nitrogens is 3. The third-order valence-corrected chi connectivity index (χ3v) is 13.2. The van der Waals surface area contributed by atoms with Gasteiger partial charge in [0.15, 0.2) is 11.2 Å². The van der Waals surface area contributed by atoms with Gasteiger partial charge in [-0.1, -0.05) is 84.9 Å². The summed E-state index contributed by atoms with van der Waals surface area (Å²) in [6, 6.07) is 72.5. The Kier molecular flexibility index (Phi) is 7.98. The number of nitrogens with zero attached hydrogens (tertiary/aromatic N) is 4. The molecule has 63 heavy (non-hydrogen) atoms. The summed E-state index contributed by atoms with van der Waals surface area (Å²) >= 11 is 1.83. The molecule has 4 heterocycles. The SMILES string of the molecule is c1ccc(-c2ccc(N(c3ccc(-c4nc5ccccc5o4)cc3)c3ccc4sc5ccc(-n6c7ccccc7c7cc(-c8nc9ccccc9o8)ccc76)cc5c4c3)cc2)cc1. The summed E-state index contributed by atoms with van der Waals surface area (Å²) in [5, 5.41) is 4.76. The smallest absolute Gasteiger partial charge is 0.227 e. The standard InChI is InChI=1S/C56H34N4O2S/c1-2-10-35(11-3-1)36-18-23-39(24-19-36)59(40-25-20-37(21-26-40)55-57-47-13-5-8-16-51(47)61-55)41-27-30-53-45(33-41)46-34-42(28-31-54(46)63-53)60-49-15-7-4-12-43(49)44-32-38(22-29-50(44)60)56-58-48-14-6-9-17-52(48)62-56/h1-34H. The molecule has 0 amide bonds. The maximum Gasteiger partial charge on any atom is 0.227 e. The molecular formula is C56H34N4O2S. The van der Waals surface area contributed by atoms with E-state index in [0.29, 0.717) is 11.8 Å². The third kappa shape index (κ3) is 5.93. The van der Waals surface area contributed by atoms with Crippen molar-refractivity contribution in [2.45, 2.75) is 0 Å². The molecule has 296 valence electrons. The summed E-state index contributed by atoms with van der Waals surface area (Å²) in [5.41, 5.74) is 14.0. The fourth-order valence-corrected chi connectivity index (χ4v) is 10.1. The Bertz CT molecular complexity index is 3790. The van der Waals surface area contributed by atoms with E-state index in [1.54, 1.807) is 0 Å². The molecule has 0 radical (unpaired) electrons. The lowest BCUT2D eigenvalue weighted by molar-refractivity contribution is 0.619. The van der Waals surface area contributed by atoms with Crippen LogP contribution in [-0.4, -0.2) is 14.5 Å². The number of anilines is 3. The minimum atomic E-state index is 0.607. The number of oxazole rings is 2. The number of fused-ring (bicyclic) bond motifs is 8. The Hall–Kier alpha value is -8.26. The van der Waals surface area contributed by atoms with Gasteiger partial charge in [0.1, 0.15) is 11.0 Å². The van der Waals surface area contributed by atoms with E-state index < -0.39 is 0 Å². The second-order valence-electron chi connectivity index (χ2n) is 15.8. The zero-order chi connectivity index (χ0) is 41.4. The van der Waals surface area contributed by atoms with Crippen LogP contribution in [0.4, 0.5) is 17.1 Å². The molecule has 0 aliphatic rings. The van der Waals surface area contributed by atoms with Crippen LogP contribution in [-0.2, 0) is 0 Å². The van der Waals surface area contributed by atoms with Crippen molar-refractivity contribution in [2.75, 3.05) is 4.90 Å². The van der Waals surface area contributed by atoms with E-state index in [9.17, 15) is 0 Å². The van der Waals surface area contributed by atoms with Gasteiger partial charge in [0.05, 0.1) is 11.0 Å². The van der Waals surface area contributed by atoms with Crippen molar-refractivity contribution in [3.63, 3.8) is 0 Å². The van der Waals surface area contributed by atoms with Gasteiger partial charge in [0, 0.05) is 64.8 Å². The highest BCUT2D eigenvalue weighted by molar-refractivity contribution is 7.25. The predicted molar refractivity (Wildman–Crippen MR) is 260 cm³/mol. The average Bonchev–Trinajstić information content (AvgIpc) is 4.14. The summed E-state index contributed by atoms with van der Waals surface area (Å²) < 4.78 is 17.2. The van der Waals surface area contributed by atoms with E-state index >= 15 is 0 Å². The lowest BCUT2D eigenvalue weighted by atomic mass is 10.0. The van der Waals surface area contributed by atoms with Crippen LogP contribution in [0, 0.1) is 0 Å². The molecule has 0 unspecified atom stereocenters. The lowest BCUT2D eigenvalue weighted by Crippen LogP contribution is -2.09. The van der Waals surface area contributed by atoms with Crippen LogP contribution in [0.25, 0.3) is 104 Å². The molecule has 0 fully saturated rings. The maximum atomic E-state index is 6.20. The number of para-hydroxylation sites is 5. The van der Waals surface area contributed by atoms with E-state index in [4.69, 9.17) is 18.8 Å². The zero-order valence-corrected chi connectivity index (χ0v) is 34.5. The number of thiophene rings is 1. The van der Waals surface area contributed by atoms with Crippen LogP contribution in [0.15, 0.2) is 215 Å². The summed E-state index contributed by atoms with van der Waals surface area (Å²) in [5.74, 6) is 1.23. The number of rotatable bonds is 7. The van der Waals surface area contributed by atoms with Crippen molar-refractivity contribution in [2.24, 2.45) is 0 Å². The number of hydrogen-bond acceptors (Lipinski definition) is 6. The fourth-order valence-electron chi connectivity index (χ4n) is 9.04. The van der Waals surface area contributed by atoms with Crippen molar-refractivity contribution < 1.29 is 8.83 Å². The summed E-state index contributed by atoms with van der Waals surface area (Å²) in [4.78, 5) is 11.9. The number of benzene rings is 9. The first-order valence-corrected chi connectivity index (χ1v) is 21.8. The van der Waals surface area contributed by atoms with Crippen molar-refractivity contribution >= 4 is 92.6 Å². The van der Waals surface area contributed by atoms with Crippen molar-refractivity contribution in [1.29, 1.82) is 0 Å². The Morgan fingerprint density at radius 1 is 0.381 bits per heavy atom. The Morgan fingerprint density at radius 2 is 0.921 bits per heavy atom. The van der Waals surface area contributed by atoms with Gasteiger partial charge >= 0.3 is 0 Å². The van der Waals surface area contributed by atoms with E-state index in [1.165, 1.54) is 36.7 Å². The minimum absolute atomic E-state index is 0.607. The monoisotopic (exact) mass is 826 g/mol. The van der Waals surface area contributed by atoms with Crippen LogP contribution < -0.4 is 4.90 Å². The van der Waals surface area contributed by atoms with E-state index in [2.05, 4.69) is 167 Å². The van der Waals surface area contributed by atoms with Gasteiger partial charge in [-0.15, -0.1) is 11.3 Å². The molecule has 13 rings (SSSR count). The third-order valence-electron chi connectivity index (χ3n) is 12.1. The van der Waals surface area contributed by atoms with Crippen LogP contribution >= 0.6 is 11.3 Å². The van der Waals surface area contributed by atoms with E-state index in [-0.39, 0.29) is 0 Å². The molecule has 0 saturated heterocycles. The highest BCUT2D eigenvalue weighted by Crippen LogP contribution is 2.43. The lowest BCUT2D eigenvalue weighted by Gasteiger charge is -2.26. The van der Waals surface area contributed by atoms with Crippen LogP contribution in [0.3, 0.4) is 0 Å². The van der Waals surface area contributed by atoms with Gasteiger partial charge in [0.2, 0.25) is 11.8 Å². The Morgan fingerprint density at radius 3 is 1.63 bits per heavy atom. The van der Waals surface area contributed by atoms with Crippen molar-refractivity contribution in [3.05, 3.63) is 206 Å². The van der Waals surface area contributed by atoms with E-state index in [0.717, 1.165) is 72.5 Å². The topological polar surface area (TPSA) is 60.2 Å². The first-order chi connectivity index (χ1) is 31.2. The highest BCUT2D eigenvalue weighted by Gasteiger charge is 2.19.